The Bertz CT molecular complexity index is 317. The number of hydrogen-bond acceptors (Lipinski definition) is 6. The van der Waals surface area contributed by atoms with E-state index < -0.39 is 0 Å². The molecule has 2 heterocycles. The van der Waals surface area contributed by atoms with Gasteiger partial charge in [0.2, 0.25) is 0 Å². The largest absolute Gasteiger partial charge is 0.377 e. The molecule has 0 bridgehead atoms. The minimum absolute atomic E-state index is 0.323. The van der Waals surface area contributed by atoms with Gasteiger partial charge in [-0.15, -0.1) is 5.10 Å². The Morgan fingerprint density at radius 2 is 2.53 bits per heavy atom. The molecule has 15 heavy (non-hydrogen) atoms. The van der Waals surface area contributed by atoms with Crippen LogP contribution in [0.25, 0.3) is 0 Å². The molecule has 84 valence electrons. The van der Waals surface area contributed by atoms with Crippen molar-refractivity contribution >= 4 is 16.5 Å². The highest BCUT2D eigenvalue weighted by Gasteiger charge is 2.19. The van der Waals surface area contributed by atoms with E-state index in [-0.39, 0.29) is 0 Å². The predicted molar refractivity (Wildman–Crippen MR) is 60.1 cm³/mol. The van der Waals surface area contributed by atoms with Crippen molar-refractivity contribution in [1.29, 1.82) is 0 Å². The summed E-state index contributed by atoms with van der Waals surface area (Å²) in [4.78, 5) is 2.35. The van der Waals surface area contributed by atoms with E-state index in [4.69, 9.17) is 4.74 Å². The Balaban J connectivity index is 1.96. The number of rotatable bonds is 3. The third kappa shape index (κ3) is 2.64. The zero-order chi connectivity index (χ0) is 10.7. The molecule has 0 saturated carbocycles. The summed E-state index contributed by atoms with van der Waals surface area (Å²) in [6.45, 7) is 5.73. The van der Waals surface area contributed by atoms with Gasteiger partial charge in [-0.2, -0.15) is 0 Å². The Hall–Kier alpha value is -0.720. The van der Waals surface area contributed by atoms with Crippen molar-refractivity contribution in [3.8, 4) is 0 Å². The molecule has 2 rings (SSSR count). The first-order valence-electron chi connectivity index (χ1n) is 5.12. The van der Waals surface area contributed by atoms with E-state index in [1.165, 1.54) is 11.5 Å². The molecule has 1 unspecified atom stereocenters. The Kier molecular flexibility index (Phi) is 3.50. The SMILES string of the molecule is CNc1snnc1CN1CCOC(C)C1. The molecule has 1 fully saturated rings. The number of morpholine rings is 1. The summed E-state index contributed by atoms with van der Waals surface area (Å²) < 4.78 is 9.44. The van der Waals surface area contributed by atoms with Crippen LogP contribution in [-0.2, 0) is 11.3 Å². The van der Waals surface area contributed by atoms with Gasteiger partial charge in [-0.05, 0) is 6.92 Å². The van der Waals surface area contributed by atoms with Gasteiger partial charge in [-0.1, -0.05) is 4.49 Å². The number of hydrogen-bond donors (Lipinski definition) is 1. The third-order valence-corrected chi connectivity index (χ3v) is 3.27. The first kappa shape index (κ1) is 10.8. The van der Waals surface area contributed by atoms with Gasteiger partial charge in [0, 0.05) is 38.2 Å². The Morgan fingerprint density at radius 1 is 1.67 bits per heavy atom. The zero-order valence-electron chi connectivity index (χ0n) is 9.06. The smallest absolute Gasteiger partial charge is 0.134 e. The van der Waals surface area contributed by atoms with Crippen molar-refractivity contribution in [2.24, 2.45) is 0 Å². The molecule has 0 aromatic carbocycles. The predicted octanol–water partition coefficient (Wildman–Crippen LogP) is 0.800. The summed E-state index contributed by atoms with van der Waals surface area (Å²) in [5, 5.41) is 8.31. The maximum absolute atomic E-state index is 5.49. The fourth-order valence-electron chi connectivity index (χ4n) is 1.75. The zero-order valence-corrected chi connectivity index (χ0v) is 9.88. The Morgan fingerprint density at radius 3 is 3.27 bits per heavy atom. The molecule has 1 saturated heterocycles. The van der Waals surface area contributed by atoms with E-state index >= 15 is 0 Å². The second-order valence-electron chi connectivity index (χ2n) is 3.72. The molecule has 0 aliphatic carbocycles. The van der Waals surface area contributed by atoms with Crippen molar-refractivity contribution in [1.82, 2.24) is 14.5 Å². The lowest BCUT2D eigenvalue weighted by molar-refractivity contribution is -0.0215. The van der Waals surface area contributed by atoms with Crippen LogP contribution in [0.2, 0.25) is 0 Å². The second kappa shape index (κ2) is 4.87. The van der Waals surface area contributed by atoms with E-state index in [0.29, 0.717) is 6.10 Å². The molecular weight excluding hydrogens is 212 g/mol. The molecule has 1 aliphatic rings. The summed E-state index contributed by atoms with van der Waals surface area (Å²) in [5.41, 5.74) is 1.04. The van der Waals surface area contributed by atoms with Crippen molar-refractivity contribution in [3.05, 3.63) is 5.69 Å². The number of anilines is 1. The fourth-order valence-corrected chi connectivity index (χ4v) is 2.27. The average molecular weight is 228 g/mol. The van der Waals surface area contributed by atoms with Crippen LogP contribution in [0.4, 0.5) is 5.00 Å². The molecule has 0 spiro atoms. The topological polar surface area (TPSA) is 50.3 Å². The van der Waals surface area contributed by atoms with Gasteiger partial charge >= 0.3 is 0 Å². The molecular formula is C9H16N4OS. The standard InChI is InChI=1S/C9H16N4OS/c1-7-5-13(3-4-14-7)6-8-9(10-2)15-12-11-8/h7,10H,3-6H2,1-2H3. The van der Waals surface area contributed by atoms with Crippen molar-refractivity contribution in [2.75, 3.05) is 32.1 Å². The summed E-state index contributed by atoms with van der Waals surface area (Å²) in [6.07, 6.45) is 0.323. The highest BCUT2D eigenvalue weighted by Crippen LogP contribution is 2.19. The van der Waals surface area contributed by atoms with Gasteiger partial charge in [0.15, 0.2) is 0 Å². The molecule has 1 atom stereocenters. The van der Waals surface area contributed by atoms with Gasteiger partial charge in [-0.3, -0.25) is 4.90 Å². The van der Waals surface area contributed by atoms with Crippen LogP contribution in [0.15, 0.2) is 0 Å². The normalized spacial score (nSPS) is 22.9. The molecule has 1 aromatic rings. The summed E-state index contributed by atoms with van der Waals surface area (Å²) >= 11 is 1.41. The van der Waals surface area contributed by atoms with Crippen LogP contribution in [0.1, 0.15) is 12.6 Å². The molecule has 5 nitrogen and oxygen atoms in total. The minimum Gasteiger partial charge on any atom is -0.377 e. The molecule has 6 heteroatoms. The molecule has 0 amide bonds. The number of nitrogens with one attached hydrogen (secondary N) is 1. The van der Waals surface area contributed by atoms with Gasteiger partial charge in [0.1, 0.15) is 10.7 Å². The molecule has 1 aromatic heterocycles. The van der Waals surface area contributed by atoms with Crippen LogP contribution < -0.4 is 5.32 Å². The van der Waals surface area contributed by atoms with Gasteiger partial charge in [0.05, 0.1) is 12.7 Å². The number of nitrogens with zero attached hydrogens (tertiary/aromatic N) is 3. The number of aromatic nitrogens is 2. The van der Waals surface area contributed by atoms with E-state index in [9.17, 15) is 0 Å². The maximum atomic E-state index is 5.49. The highest BCUT2D eigenvalue weighted by atomic mass is 32.1. The average Bonchev–Trinajstić information content (AvgIpc) is 2.65. The van der Waals surface area contributed by atoms with Crippen LogP contribution in [0, 0.1) is 0 Å². The Labute approximate surface area is 93.6 Å². The van der Waals surface area contributed by atoms with Crippen LogP contribution in [-0.4, -0.2) is 47.3 Å². The van der Waals surface area contributed by atoms with Crippen molar-refractivity contribution in [2.45, 2.75) is 19.6 Å². The van der Waals surface area contributed by atoms with Gasteiger partial charge in [-0.25, -0.2) is 0 Å². The monoisotopic (exact) mass is 228 g/mol. The van der Waals surface area contributed by atoms with Crippen LogP contribution in [0.3, 0.4) is 0 Å². The lowest BCUT2D eigenvalue weighted by Gasteiger charge is -2.30. The lowest BCUT2D eigenvalue weighted by Crippen LogP contribution is -2.40. The molecule has 1 N–H and O–H groups in total. The quantitative estimate of drug-likeness (QED) is 0.829. The summed E-state index contributed by atoms with van der Waals surface area (Å²) in [5.74, 6) is 0. The summed E-state index contributed by atoms with van der Waals surface area (Å²) in [7, 11) is 1.90. The van der Waals surface area contributed by atoms with Crippen LogP contribution in [0.5, 0.6) is 0 Å². The molecule has 0 radical (unpaired) electrons. The van der Waals surface area contributed by atoms with E-state index in [1.54, 1.807) is 0 Å². The second-order valence-corrected chi connectivity index (χ2v) is 4.47. The molecule has 1 aliphatic heterocycles. The van der Waals surface area contributed by atoms with Crippen LogP contribution >= 0.6 is 11.5 Å². The van der Waals surface area contributed by atoms with Gasteiger partial charge in [0.25, 0.3) is 0 Å². The van der Waals surface area contributed by atoms with Crippen molar-refractivity contribution in [3.63, 3.8) is 0 Å². The van der Waals surface area contributed by atoms with Gasteiger partial charge < -0.3 is 10.1 Å². The third-order valence-electron chi connectivity index (χ3n) is 2.48. The summed E-state index contributed by atoms with van der Waals surface area (Å²) in [6, 6.07) is 0. The highest BCUT2D eigenvalue weighted by molar-refractivity contribution is 7.10. The first-order chi connectivity index (χ1) is 7.29. The van der Waals surface area contributed by atoms with E-state index in [2.05, 4.69) is 26.7 Å². The lowest BCUT2D eigenvalue weighted by atomic mass is 10.3. The first-order valence-corrected chi connectivity index (χ1v) is 5.90. The van der Waals surface area contributed by atoms with Crippen molar-refractivity contribution < 1.29 is 4.74 Å². The minimum atomic E-state index is 0.323. The fraction of sp³-hybridized carbons (Fsp3) is 0.778. The van der Waals surface area contributed by atoms with E-state index in [1.807, 2.05) is 7.05 Å². The maximum Gasteiger partial charge on any atom is 0.134 e. The number of ether oxygens (including phenoxy) is 1. The van der Waals surface area contributed by atoms with E-state index in [0.717, 1.165) is 36.9 Å².